The summed E-state index contributed by atoms with van der Waals surface area (Å²) < 4.78 is 0. The Kier molecular flexibility index (Phi) is 5.81. The van der Waals surface area contributed by atoms with E-state index >= 15 is 0 Å². The second-order valence-corrected chi connectivity index (χ2v) is 12.1. The molecule has 0 aliphatic heterocycles. The van der Waals surface area contributed by atoms with Crippen molar-refractivity contribution in [3.05, 3.63) is 152 Å². The fraction of sp³-hybridized carbons (Fsp3) is 0. The van der Waals surface area contributed by atoms with Crippen LogP contribution in [0.2, 0.25) is 0 Å². The number of nitrogens with zero attached hydrogens (tertiary/aromatic N) is 5. The summed E-state index contributed by atoms with van der Waals surface area (Å²) in [5.74, 6) is 0.671. The van der Waals surface area contributed by atoms with Crippen molar-refractivity contribution in [1.82, 2.24) is 24.9 Å². The zero-order valence-corrected chi connectivity index (χ0v) is 25.7. The van der Waals surface area contributed by atoms with Crippen molar-refractivity contribution in [1.29, 1.82) is 0 Å². The fourth-order valence-corrected chi connectivity index (χ4v) is 7.21. The van der Waals surface area contributed by atoms with Crippen molar-refractivity contribution < 1.29 is 0 Å². The molecule has 0 aliphatic rings. The Hall–Kier alpha value is -6.59. The smallest absolute Gasteiger partial charge is 0.159 e. The third-order valence-corrected chi connectivity index (χ3v) is 9.44. The summed E-state index contributed by atoms with van der Waals surface area (Å²) in [5.41, 5.74) is 7.72. The van der Waals surface area contributed by atoms with Gasteiger partial charge in [-0.1, -0.05) is 115 Å². The molecule has 10 aromatic rings. The number of rotatable bonds is 3. The van der Waals surface area contributed by atoms with Gasteiger partial charge in [-0.2, -0.15) is 0 Å². The molecule has 0 atom stereocenters. The van der Waals surface area contributed by atoms with Gasteiger partial charge in [-0.3, -0.25) is 9.97 Å². The summed E-state index contributed by atoms with van der Waals surface area (Å²) in [6.45, 7) is 0. The molecule has 10 rings (SSSR count). The second kappa shape index (κ2) is 10.5. The minimum absolute atomic E-state index is 0.671. The third kappa shape index (κ3) is 4.01. The van der Waals surface area contributed by atoms with Gasteiger partial charge in [0.2, 0.25) is 0 Å². The van der Waals surface area contributed by atoms with E-state index in [4.69, 9.17) is 15.0 Å². The molecule has 5 heteroatoms. The van der Waals surface area contributed by atoms with Crippen LogP contribution in [-0.2, 0) is 0 Å². The van der Waals surface area contributed by atoms with Gasteiger partial charge in [-0.15, -0.1) is 0 Å². The maximum Gasteiger partial charge on any atom is 0.159 e. The van der Waals surface area contributed by atoms with Crippen LogP contribution in [-0.4, -0.2) is 24.9 Å². The van der Waals surface area contributed by atoms with E-state index in [2.05, 4.69) is 125 Å². The molecule has 0 amide bonds. The topological polar surface area (TPSA) is 64.5 Å². The number of hydrogen-bond acceptors (Lipinski definition) is 5. The van der Waals surface area contributed by atoms with Gasteiger partial charge in [-0.05, 0) is 39.2 Å². The van der Waals surface area contributed by atoms with Crippen LogP contribution < -0.4 is 0 Å². The number of benzene rings is 6. The van der Waals surface area contributed by atoms with Crippen LogP contribution in [0.4, 0.5) is 0 Å². The highest BCUT2D eigenvalue weighted by molar-refractivity contribution is 6.31. The van der Waals surface area contributed by atoms with Crippen LogP contribution >= 0.6 is 0 Å². The zero-order valence-electron chi connectivity index (χ0n) is 25.7. The van der Waals surface area contributed by atoms with Crippen LogP contribution in [0.1, 0.15) is 0 Å². The van der Waals surface area contributed by atoms with Gasteiger partial charge in [0.1, 0.15) is 0 Å². The SMILES string of the molecule is c1cnc2c(c1)ccc1c(-c3cnc(-c4ccc(-c5nc6c7ccccc7c7ccccc7c6c6ccccc56)cc4)nc3)ccnc12. The average Bonchev–Trinajstić information content (AvgIpc) is 3.17. The van der Waals surface area contributed by atoms with Crippen LogP contribution in [0.15, 0.2) is 152 Å². The van der Waals surface area contributed by atoms with Gasteiger partial charge in [0.15, 0.2) is 5.82 Å². The molecule has 4 aromatic heterocycles. The summed E-state index contributed by atoms with van der Waals surface area (Å²) in [7, 11) is 0. The number of fused-ring (bicyclic) bond motifs is 11. The third-order valence-electron chi connectivity index (χ3n) is 9.44. The Bertz CT molecular complexity index is 2880. The van der Waals surface area contributed by atoms with Crippen molar-refractivity contribution in [2.75, 3.05) is 0 Å². The molecule has 0 bridgehead atoms. The van der Waals surface area contributed by atoms with Gasteiger partial charge in [0, 0.05) is 68.4 Å². The highest BCUT2D eigenvalue weighted by atomic mass is 14.9. The minimum Gasteiger partial charge on any atom is -0.254 e. The van der Waals surface area contributed by atoms with Crippen molar-refractivity contribution in [3.63, 3.8) is 0 Å². The van der Waals surface area contributed by atoms with Crippen molar-refractivity contribution in [2.24, 2.45) is 0 Å². The highest BCUT2D eigenvalue weighted by Gasteiger charge is 2.17. The minimum atomic E-state index is 0.671. The second-order valence-electron chi connectivity index (χ2n) is 12.1. The maximum atomic E-state index is 5.40. The maximum absolute atomic E-state index is 5.40. The Labute approximate surface area is 275 Å². The summed E-state index contributed by atoms with van der Waals surface area (Å²) >= 11 is 0. The highest BCUT2D eigenvalue weighted by Crippen LogP contribution is 2.41. The van der Waals surface area contributed by atoms with E-state index in [0.717, 1.165) is 66.0 Å². The lowest BCUT2D eigenvalue weighted by atomic mass is 9.92. The molecule has 0 saturated carbocycles. The standard InChI is InChI=1S/C43H25N5/c1-3-11-33-31(9-1)32-10-2-5-13-35(32)41-38(33)34-12-4-6-14-36(34)39(48-41)27-15-17-28(18-16-27)43-46-24-29(25-47-43)30-21-23-45-42-37(30)20-19-26-8-7-22-44-40(26)42/h1-25H. The first kappa shape index (κ1) is 26.6. The lowest BCUT2D eigenvalue weighted by molar-refractivity contribution is 1.18. The van der Waals surface area contributed by atoms with Gasteiger partial charge >= 0.3 is 0 Å². The first-order chi connectivity index (χ1) is 23.8. The van der Waals surface area contributed by atoms with E-state index in [1.54, 1.807) is 0 Å². The molecule has 0 radical (unpaired) electrons. The van der Waals surface area contributed by atoms with E-state index in [-0.39, 0.29) is 0 Å². The van der Waals surface area contributed by atoms with E-state index in [1.807, 2.05) is 36.9 Å². The van der Waals surface area contributed by atoms with Crippen LogP contribution in [0.25, 0.3) is 98.8 Å². The largest absolute Gasteiger partial charge is 0.254 e. The number of aromatic nitrogens is 5. The summed E-state index contributed by atoms with van der Waals surface area (Å²) in [6.07, 6.45) is 7.42. The van der Waals surface area contributed by atoms with Crippen LogP contribution in [0, 0.1) is 0 Å². The lowest BCUT2D eigenvalue weighted by Gasteiger charge is -2.15. The van der Waals surface area contributed by atoms with Crippen LogP contribution in [0.3, 0.4) is 0 Å². The monoisotopic (exact) mass is 611 g/mol. The van der Waals surface area contributed by atoms with Crippen molar-refractivity contribution in [2.45, 2.75) is 0 Å². The molecule has 0 fully saturated rings. The van der Waals surface area contributed by atoms with Crippen LogP contribution in [0.5, 0.6) is 0 Å². The summed E-state index contributed by atoms with van der Waals surface area (Å²) in [4.78, 5) is 24.2. The average molecular weight is 612 g/mol. The van der Waals surface area contributed by atoms with Crippen molar-refractivity contribution in [3.8, 4) is 33.8 Å². The van der Waals surface area contributed by atoms with Gasteiger partial charge in [0.05, 0.1) is 22.2 Å². The molecular formula is C43H25N5. The lowest BCUT2D eigenvalue weighted by Crippen LogP contribution is -1.94. The Morgan fingerprint density at radius 1 is 0.354 bits per heavy atom. The quantitative estimate of drug-likeness (QED) is 0.186. The molecule has 0 saturated heterocycles. The normalized spacial score (nSPS) is 11.8. The summed E-state index contributed by atoms with van der Waals surface area (Å²) in [6, 6.07) is 44.5. The van der Waals surface area contributed by atoms with E-state index in [9.17, 15) is 0 Å². The molecule has 222 valence electrons. The number of hydrogen-bond donors (Lipinski definition) is 0. The number of pyridine rings is 3. The predicted molar refractivity (Wildman–Crippen MR) is 197 cm³/mol. The first-order valence-electron chi connectivity index (χ1n) is 16.0. The molecule has 0 N–H and O–H groups in total. The first-order valence-corrected chi connectivity index (χ1v) is 16.0. The van der Waals surface area contributed by atoms with E-state index in [1.165, 1.54) is 26.9 Å². The molecule has 0 spiro atoms. The molecule has 0 aliphatic carbocycles. The Morgan fingerprint density at radius 2 is 0.979 bits per heavy atom. The molecule has 48 heavy (non-hydrogen) atoms. The molecule has 4 heterocycles. The van der Waals surface area contributed by atoms with Crippen molar-refractivity contribution >= 4 is 65.0 Å². The zero-order chi connectivity index (χ0) is 31.6. The Balaban J connectivity index is 1.07. The van der Waals surface area contributed by atoms with Gasteiger partial charge in [0.25, 0.3) is 0 Å². The van der Waals surface area contributed by atoms with E-state index in [0.29, 0.717) is 5.82 Å². The molecular weight excluding hydrogens is 587 g/mol. The Morgan fingerprint density at radius 3 is 1.75 bits per heavy atom. The molecule has 5 nitrogen and oxygen atoms in total. The predicted octanol–water partition coefficient (Wildman–Crippen LogP) is 10.6. The molecule has 0 unspecified atom stereocenters. The van der Waals surface area contributed by atoms with Gasteiger partial charge in [-0.25, -0.2) is 15.0 Å². The van der Waals surface area contributed by atoms with Gasteiger partial charge < -0.3 is 0 Å². The fourth-order valence-electron chi connectivity index (χ4n) is 7.21. The van der Waals surface area contributed by atoms with E-state index < -0.39 is 0 Å². The molecule has 6 aromatic carbocycles. The summed E-state index contributed by atoms with van der Waals surface area (Å²) in [5, 5.41) is 10.5.